The topological polar surface area (TPSA) is 40.9 Å². The summed E-state index contributed by atoms with van der Waals surface area (Å²) >= 11 is 0. The summed E-state index contributed by atoms with van der Waals surface area (Å²) in [6, 6.07) is 12.2. The molecule has 0 bridgehead atoms. The maximum absolute atomic E-state index is 14.7. The van der Waals surface area contributed by atoms with E-state index >= 15 is 0 Å². The molecule has 0 fully saturated rings. The summed E-state index contributed by atoms with van der Waals surface area (Å²) in [6.07, 6.45) is 2.53. The number of pyridine rings is 1. The molecular weight excluding hydrogens is 343 g/mol. The van der Waals surface area contributed by atoms with Crippen LogP contribution in [0.25, 0.3) is 5.65 Å². The minimum atomic E-state index is -0.604. The number of hydrogen-bond donors (Lipinski definition) is 0. The molecule has 3 aromatic rings. The molecular formula is C21H23FN4O. The van der Waals surface area contributed by atoms with Crippen LogP contribution < -0.4 is 0 Å². The number of fused-ring (bicyclic) bond motifs is 2. The molecule has 1 aromatic carbocycles. The molecule has 0 saturated carbocycles. The fourth-order valence-electron chi connectivity index (χ4n) is 3.76. The van der Waals surface area contributed by atoms with Crippen molar-refractivity contribution < 1.29 is 9.18 Å². The molecule has 1 unspecified atom stereocenters. The summed E-state index contributed by atoms with van der Waals surface area (Å²) < 4.78 is 16.0. The van der Waals surface area contributed by atoms with Gasteiger partial charge < -0.3 is 4.90 Å². The molecule has 1 amide bonds. The van der Waals surface area contributed by atoms with E-state index < -0.39 is 5.95 Å². The molecule has 140 valence electrons. The van der Waals surface area contributed by atoms with Gasteiger partial charge in [0.05, 0.1) is 0 Å². The van der Waals surface area contributed by atoms with Crippen LogP contribution >= 0.6 is 0 Å². The van der Waals surface area contributed by atoms with E-state index in [4.69, 9.17) is 0 Å². The molecule has 2 aromatic heterocycles. The van der Waals surface area contributed by atoms with Crippen molar-refractivity contribution in [3.8, 4) is 0 Å². The number of halogens is 1. The highest BCUT2D eigenvalue weighted by Crippen LogP contribution is 2.23. The smallest absolute Gasteiger partial charge is 0.277 e. The summed E-state index contributed by atoms with van der Waals surface area (Å²) in [5.74, 6) is -0.992. The number of rotatable bonds is 3. The molecule has 0 spiro atoms. The first-order valence-corrected chi connectivity index (χ1v) is 9.10. The van der Waals surface area contributed by atoms with Crippen LogP contribution in [0.15, 0.2) is 42.6 Å². The van der Waals surface area contributed by atoms with Crippen LogP contribution in [0, 0.1) is 12.9 Å². The van der Waals surface area contributed by atoms with Gasteiger partial charge in [-0.25, -0.2) is 4.98 Å². The highest BCUT2D eigenvalue weighted by atomic mass is 19.1. The van der Waals surface area contributed by atoms with Gasteiger partial charge in [0.2, 0.25) is 5.95 Å². The first kappa shape index (κ1) is 17.7. The Morgan fingerprint density at radius 2 is 2.00 bits per heavy atom. The number of imidazole rings is 1. The largest absolute Gasteiger partial charge is 0.339 e. The summed E-state index contributed by atoms with van der Waals surface area (Å²) in [7, 11) is 3.78. The highest BCUT2D eigenvalue weighted by molar-refractivity contribution is 5.93. The van der Waals surface area contributed by atoms with Gasteiger partial charge in [0.1, 0.15) is 5.65 Å². The number of amides is 1. The second kappa shape index (κ2) is 6.78. The zero-order valence-corrected chi connectivity index (χ0v) is 15.8. The maximum Gasteiger partial charge on any atom is 0.277 e. The molecule has 5 nitrogen and oxygen atoms in total. The fourth-order valence-corrected chi connectivity index (χ4v) is 3.76. The predicted octanol–water partition coefficient (Wildman–Crippen LogP) is 2.91. The van der Waals surface area contributed by atoms with Gasteiger partial charge in [0.15, 0.2) is 5.69 Å². The van der Waals surface area contributed by atoms with Crippen LogP contribution in [-0.2, 0) is 13.0 Å². The van der Waals surface area contributed by atoms with Gasteiger partial charge in [0, 0.05) is 32.4 Å². The molecule has 27 heavy (non-hydrogen) atoms. The van der Waals surface area contributed by atoms with Crippen LogP contribution in [0.1, 0.15) is 27.2 Å². The SMILES string of the molecule is Cc1ccc2nc(C(=O)N(C)CC3Cc4ccccc4CN3C)c(F)n2c1. The molecule has 1 aliphatic rings. The Labute approximate surface area is 158 Å². The van der Waals surface area contributed by atoms with E-state index in [2.05, 4.69) is 35.1 Å². The van der Waals surface area contributed by atoms with E-state index in [1.807, 2.05) is 19.1 Å². The lowest BCUT2D eigenvalue weighted by molar-refractivity contribution is 0.0723. The van der Waals surface area contributed by atoms with E-state index in [9.17, 15) is 9.18 Å². The summed E-state index contributed by atoms with van der Waals surface area (Å²) in [6.45, 7) is 3.25. The van der Waals surface area contributed by atoms with E-state index in [0.717, 1.165) is 18.5 Å². The molecule has 3 heterocycles. The normalized spacial score (nSPS) is 17.1. The lowest BCUT2D eigenvalue weighted by Gasteiger charge is -2.36. The quantitative estimate of drug-likeness (QED) is 0.716. The van der Waals surface area contributed by atoms with E-state index in [-0.39, 0.29) is 17.6 Å². The molecule has 6 heteroatoms. The number of hydrogen-bond acceptors (Lipinski definition) is 3. The summed E-state index contributed by atoms with van der Waals surface area (Å²) in [5.41, 5.74) is 3.87. The zero-order chi connectivity index (χ0) is 19.1. The van der Waals surface area contributed by atoms with Gasteiger partial charge in [-0.15, -0.1) is 0 Å². The van der Waals surface area contributed by atoms with E-state index in [0.29, 0.717) is 12.2 Å². The van der Waals surface area contributed by atoms with Gasteiger partial charge in [-0.2, -0.15) is 4.39 Å². The number of carbonyl (C=O) groups excluding carboxylic acids is 1. The Kier molecular flexibility index (Phi) is 4.44. The van der Waals surface area contributed by atoms with Crippen molar-refractivity contribution >= 4 is 11.6 Å². The third kappa shape index (κ3) is 3.21. The number of benzene rings is 1. The highest BCUT2D eigenvalue weighted by Gasteiger charge is 2.28. The Hall–Kier alpha value is -2.73. The van der Waals surface area contributed by atoms with Gasteiger partial charge in [-0.1, -0.05) is 30.3 Å². The molecule has 0 saturated heterocycles. The predicted molar refractivity (Wildman–Crippen MR) is 102 cm³/mol. The van der Waals surface area contributed by atoms with E-state index in [1.54, 1.807) is 24.2 Å². The Bertz CT molecular complexity index is 1010. The van der Waals surface area contributed by atoms with Crippen molar-refractivity contribution in [3.05, 3.63) is 70.9 Å². The second-order valence-corrected chi connectivity index (χ2v) is 7.41. The molecule has 1 aliphatic heterocycles. The summed E-state index contributed by atoms with van der Waals surface area (Å²) in [4.78, 5) is 20.9. The van der Waals surface area contributed by atoms with Crippen molar-refractivity contribution in [1.29, 1.82) is 0 Å². The number of nitrogens with zero attached hydrogens (tertiary/aromatic N) is 4. The number of aromatic nitrogens is 2. The van der Waals surface area contributed by atoms with Gasteiger partial charge >= 0.3 is 0 Å². The minimum absolute atomic E-state index is 0.123. The van der Waals surface area contributed by atoms with Gasteiger partial charge in [0.25, 0.3) is 5.91 Å². The molecule has 0 N–H and O–H groups in total. The Morgan fingerprint density at radius 1 is 1.26 bits per heavy atom. The molecule has 0 radical (unpaired) electrons. The van der Waals surface area contributed by atoms with Crippen molar-refractivity contribution in [2.24, 2.45) is 0 Å². The van der Waals surface area contributed by atoms with E-state index in [1.165, 1.54) is 15.5 Å². The van der Waals surface area contributed by atoms with Crippen LogP contribution in [0.3, 0.4) is 0 Å². The molecule has 0 aliphatic carbocycles. The average molecular weight is 366 g/mol. The van der Waals surface area contributed by atoms with Gasteiger partial charge in [-0.3, -0.25) is 14.1 Å². The van der Waals surface area contributed by atoms with Crippen LogP contribution in [-0.4, -0.2) is 51.8 Å². The second-order valence-electron chi connectivity index (χ2n) is 7.41. The van der Waals surface area contributed by atoms with Crippen molar-refractivity contribution in [3.63, 3.8) is 0 Å². The van der Waals surface area contributed by atoms with Crippen molar-refractivity contribution in [2.45, 2.75) is 25.9 Å². The summed E-state index contributed by atoms with van der Waals surface area (Å²) in [5, 5.41) is 0. The standard InChI is InChI=1S/C21H23FN4O/c1-14-8-9-18-23-19(20(22)26(18)11-14)21(27)25(3)13-17-10-15-6-4-5-7-16(15)12-24(17)2/h4-9,11,17H,10,12-13H2,1-3H3. The average Bonchev–Trinajstić information content (AvgIpc) is 2.98. The number of carbonyl (C=O) groups is 1. The maximum atomic E-state index is 14.7. The third-order valence-corrected chi connectivity index (χ3v) is 5.36. The molecule has 4 rings (SSSR count). The van der Waals surface area contributed by atoms with Crippen LogP contribution in [0.5, 0.6) is 0 Å². The van der Waals surface area contributed by atoms with Crippen LogP contribution in [0.4, 0.5) is 4.39 Å². The first-order chi connectivity index (χ1) is 12.9. The Morgan fingerprint density at radius 3 is 2.78 bits per heavy atom. The third-order valence-electron chi connectivity index (χ3n) is 5.36. The van der Waals surface area contributed by atoms with Crippen molar-refractivity contribution in [2.75, 3.05) is 20.6 Å². The monoisotopic (exact) mass is 366 g/mol. The lowest BCUT2D eigenvalue weighted by Crippen LogP contribution is -2.46. The minimum Gasteiger partial charge on any atom is -0.339 e. The zero-order valence-electron chi connectivity index (χ0n) is 15.8. The number of likely N-dealkylation sites (N-methyl/N-ethyl adjacent to an activating group) is 2. The Balaban J connectivity index is 1.54. The first-order valence-electron chi connectivity index (χ1n) is 9.10. The van der Waals surface area contributed by atoms with Crippen LogP contribution in [0.2, 0.25) is 0 Å². The molecule has 1 atom stereocenters. The number of aryl methyl sites for hydroxylation is 1. The van der Waals surface area contributed by atoms with Gasteiger partial charge in [-0.05, 0) is 43.1 Å². The van der Waals surface area contributed by atoms with Crippen molar-refractivity contribution in [1.82, 2.24) is 19.2 Å². The lowest BCUT2D eigenvalue weighted by atomic mass is 9.94. The fraction of sp³-hybridized carbons (Fsp3) is 0.333.